The Hall–Kier alpha value is -3.59. The number of benzene rings is 1. The minimum Gasteiger partial charge on any atom is -0.296 e. The third kappa shape index (κ3) is 3.79. The SMILES string of the molecule is O=C(NNc1ncc(C(F)(F)F)cc1Cl)c1cccn1-c1nccc2ccccc12. The summed E-state index contributed by atoms with van der Waals surface area (Å²) in [6, 6.07) is 13.5. The van der Waals surface area contributed by atoms with E-state index < -0.39 is 17.6 Å². The number of hydrazine groups is 1. The lowest BCUT2D eigenvalue weighted by molar-refractivity contribution is -0.137. The molecule has 0 unspecified atom stereocenters. The highest BCUT2D eigenvalue weighted by molar-refractivity contribution is 6.33. The zero-order valence-corrected chi connectivity index (χ0v) is 15.9. The number of pyridine rings is 2. The first kappa shape index (κ1) is 19.7. The largest absolute Gasteiger partial charge is 0.417 e. The van der Waals surface area contributed by atoms with Gasteiger partial charge in [0.2, 0.25) is 0 Å². The molecule has 0 fully saturated rings. The molecule has 4 aromatic rings. The Labute approximate surface area is 173 Å². The lowest BCUT2D eigenvalue weighted by Crippen LogP contribution is -2.31. The van der Waals surface area contributed by atoms with Crippen LogP contribution in [-0.2, 0) is 6.18 Å². The van der Waals surface area contributed by atoms with E-state index in [0.29, 0.717) is 12.0 Å². The molecule has 4 rings (SSSR count). The first-order chi connectivity index (χ1) is 14.3. The van der Waals surface area contributed by atoms with Crippen LogP contribution in [0.2, 0.25) is 5.02 Å². The predicted octanol–water partition coefficient (Wildman–Crippen LogP) is 4.85. The molecule has 0 aliphatic carbocycles. The van der Waals surface area contributed by atoms with E-state index >= 15 is 0 Å². The summed E-state index contributed by atoms with van der Waals surface area (Å²) in [5, 5.41) is 1.53. The minimum absolute atomic E-state index is 0.112. The number of alkyl halides is 3. The highest BCUT2D eigenvalue weighted by atomic mass is 35.5. The molecule has 30 heavy (non-hydrogen) atoms. The number of aromatic nitrogens is 3. The summed E-state index contributed by atoms with van der Waals surface area (Å²) in [6.45, 7) is 0. The lowest BCUT2D eigenvalue weighted by Gasteiger charge is -2.13. The molecule has 2 N–H and O–H groups in total. The van der Waals surface area contributed by atoms with Gasteiger partial charge in [0.05, 0.1) is 10.6 Å². The summed E-state index contributed by atoms with van der Waals surface area (Å²) in [7, 11) is 0. The fourth-order valence-corrected chi connectivity index (χ4v) is 3.12. The van der Waals surface area contributed by atoms with Crippen molar-refractivity contribution in [1.82, 2.24) is 20.0 Å². The monoisotopic (exact) mass is 431 g/mol. The normalized spacial score (nSPS) is 11.5. The van der Waals surface area contributed by atoms with Gasteiger partial charge < -0.3 is 0 Å². The third-order valence-electron chi connectivity index (χ3n) is 4.33. The molecule has 152 valence electrons. The first-order valence-electron chi connectivity index (χ1n) is 8.65. The number of carbonyl (C=O) groups is 1. The number of anilines is 1. The van der Waals surface area contributed by atoms with Gasteiger partial charge in [0.15, 0.2) is 5.82 Å². The van der Waals surface area contributed by atoms with Crippen LogP contribution in [0, 0.1) is 0 Å². The highest BCUT2D eigenvalue weighted by Crippen LogP contribution is 2.32. The topological polar surface area (TPSA) is 71.8 Å². The van der Waals surface area contributed by atoms with Gasteiger partial charge >= 0.3 is 6.18 Å². The Balaban J connectivity index is 1.57. The van der Waals surface area contributed by atoms with E-state index in [0.717, 1.165) is 16.8 Å². The molecule has 3 aromatic heterocycles. The molecule has 0 radical (unpaired) electrons. The average Bonchev–Trinajstić information content (AvgIpc) is 3.21. The number of amides is 1. The van der Waals surface area contributed by atoms with Crippen molar-refractivity contribution in [3.63, 3.8) is 0 Å². The quantitative estimate of drug-likeness (QED) is 0.453. The Morgan fingerprint density at radius 1 is 1.07 bits per heavy atom. The molecule has 10 heteroatoms. The second-order valence-electron chi connectivity index (χ2n) is 6.25. The molecule has 0 bridgehead atoms. The number of carbonyl (C=O) groups excluding carboxylic acids is 1. The Bertz CT molecular complexity index is 1230. The fourth-order valence-electron chi connectivity index (χ4n) is 2.91. The second kappa shape index (κ2) is 7.68. The number of nitrogens with zero attached hydrogens (tertiary/aromatic N) is 3. The number of nitrogens with one attached hydrogen (secondary N) is 2. The first-order valence-corrected chi connectivity index (χ1v) is 9.03. The molecule has 3 heterocycles. The van der Waals surface area contributed by atoms with Crippen LogP contribution in [-0.4, -0.2) is 20.4 Å². The summed E-state index contributed by atoms with van der Waals surface area (Å²) in [4.78, 5) is 20.7. The summed E-state index contributed by atoms with van der Waals surface area (Å²) < 4.78 is 39.8. The molecular formula is C20H13ClF3N5O. The van der Waals surface area contributed by atoms with Crippen LogP contribution in [0.4, 0.5) is 19.0 Å². The lowest BCUT2D eigenvalue weighted by atomic mass is 10.1. The van der Waals surface area contributed by atoms with Crippen molar-refractivity contribution < 1.29 is 18.0 Å². The van der Waals surface area contributed by atoms with Crippen LogP contribution in [0.1, 0.15) is 16.1 Å². The number of hydrogen-bond donors (Lipinski definition) is 2. The van der Waals surface area contributed by atoms with Gasteiger partial charge in [-0.05, 0) is 29.7 Å². The van der Waals surface area contributed by atoms with Crippen molar-refractivity contribution in [2.24, 2.45) is 0 Å². The van der Waals surface area contributed by atoms with Crippen molar-refractivity contribution in [3.05, 3.63) is 83.4 Å². The van der Waals surface area contributed by atoms with Crippen molar-refractivity contribution in [2.75, 3.05) is 5.43 Å². The molecule has 1 aromatic carbocycles. The van der Waals surface area contributed by atoms with Crippen LogP contribution >= 0.6 is 11.6 Å². The molecule has 0 saturated carbocycles. The van der Waals surface area contributed by atoms with Gasteiger partial charge in [0.1, 0.15) is 11.5 Å². The maximum atomic E-state index is 12.7. The smallest absolute Gasteiger partial charge is 0.296 e. The van der Waals surface area contributed by atoms with Gasteiger partial charge in [0.25, 0.3) is 5.91 Å². The maximum absolute atomic E-state index is 12.7. The number of hydrogen-bond acceptors (Lipinski definition) is 4. The van der Waals surface area contributed by atoms with Crippen LogP contribution < -0.4 is 10.9 Å². The second-order valence-corrected chi connectivity index (χ2v) is 6.66. The average molecular weight is 432 g/mol. The van der Waals surface area contributed by atoms with E-state index in [9.17, 15) is 18.0 Å². The molecule has 0 aliphatic heterocycles. The molecule has 1 amide bonds. The fraction of sp³-hybridized carbons (Fsp3) is 0.0500. The molecule has 0 aliphatic rings. The Kier molecular flexibility index (Phi) is 5.04. The predicted molar refractivity (Wildman–Crippen MR) is 106 cm³/mol. The summed E-state index contributed by atoms with van der Waals surface area (Å²) >= 11 is 5.84. The van der Waals surface area contributed by atoms with Gasteiger partial charge in [-0.15, -0.1) is 0 Å². The van der Waals surface area contributed by atoms with E-state index in [4.69, 9.17) is 11.6 Å². The molecule has 0 atom stereocenters. The van der Waals surface area contributed by atoms with Crippen molar-refractivity contribution >= 4 is 34.1 Å². The minimum atomic E-state index is -4.56. The van der Waals surface area contributed by atoms with Gasteiger partial charge in [0, 0.05) is 24.0 Å². The standard InChI is InChI=1S/C20H13ClF3N5O/c21-15-10-13(20(22,23)24)11-26-17(15)27-28-19(30)16-6-3-9-29(16)18-14-5-2-1-4-12(14)7-8-25-18/h1-11H,(H,26,27)(H,28,30). The molecule has 0 spiro atoms. The van der Waals surface area contributed by atoms with Crippen LogP contribution in [0.3, 0.4) is 0 Å². The number of fused-ring (bicyclic) bond motifs is 1. The molecular weight excluding hydrogens is 419 g/mol. The van der Waals surface area contributed by atoms with E-state index in [-0.39, 0.29) is 16.5 Å². The third-order valence-corrected chi connectivity index (χ3v) is 4.61. The van der Waals surface area contributed by atoms with Crippen molar-refractivity contribution in [1.29, 1.82) is 0 Å². The summed E-state index contributed by atoms with van der Waals surface area (Å²) in [5.74, 6) is -0.0964. The maximum Gasteiger partial charge on any atom is 0.417 e. The Morgan fingerprint density at radius 2 is 1.87 bits per heavy atom. The van der Waals surface area contributed by atoms with Gasteiger partial charge in [-0.3, -0.25) is 20.2 Å². The summed E-state index contributed by atoms with van der Waals surface area (Å²) in [5.41, 5.74) is 4.12. The zero-order chi connectivity index (χ0) is 21.3. The van der Waals surface area contributed by atoms with Gasteiger partial charge in [-0.1, -0.05) is 35.9 Å². The van der Waals surface area contributed by atoms with E-state index in [1.165, 1.54) is 0 Å². The van der Waals surface area contributed by atoms with E-state index in [1.54, 1.807) is 29.1 Å². The van der Waals surface area contributed by atoms with E-state index in [1.807, 2.05) is 30.3 Å². The zero-order valence-electron chi connectivity index (χ0n) is 15.1. The van der Waals surface area contributed by atoms with Crippen molar-refractivity contribution in [2.45, 2.75) is 6.18 Å². The van der Waals surface area contributed by atoms with Crippen LogP contribution in [0.5, 0.6) is 0 Å². The van der Waals surface area contributed by atoms with Crippen LogP contribution in [0.25, 0.3) is 16.6 Å². The summed E-state index contributed by atoms with van der Waals surface area (Å²) in [6.07, 6.45) is -0.607. The van der Waals surface area contributed by atoms with Gasteiger partial charge in [-0.2, -0.15) is 13.2 Å². The van der Waals surface area contributed by atoms with Gasteiger partial charge in [-0.25, -0.2) is 9.97 Å². The molecule has 6 nitrogen and oxygen atoms in total. The molecule has 0 saturated heterocycles. The number of halogens is 4. The number of rotatable bonds is 4. The van der Waals surface area contributed by atoms with E-state index in [2.05, 4.69) is 20.8 Å². The van der Waals surface area contributed by atoms with Crippen molar-refractivity contribution in [3.8, 4) is 5.82 Å². The van der Waals surface area contributed by atoms with Crippen LogP contribution in [0.15, 0.2) is 67.1 Å². The Morgan fingerprint density at radius 3 is 2.63 bits per heavy atom. The highest BCUT2D eigenvalue weighted by Gasteiger charge is 2.31.